The molecule has 1 N–H and O–H groups in total. The summed E-state index contributed by atoms with van der Waals surface area (Å²) in [5.41, 5.74) is 0. The molecule has 0 aliphatic heterocycles. The van der Waals surface area contributed by atoms with Gasteiger partial charge in [0.1, 0.15) is 17.7 Å². The van der Waals surface area contributed by atoms with Gasteiger partial charge in [0, 0.05) is 0 Å². The van der Waals surface area contributed by atoms with E-state index in [2.05, 4.69) is 0 Å². The van der Waals surface area contributed by atoms with Gasteiger partial charge in [0.25, 0.3) is 0 Å². The Kier molecular flexibility index (Phi) is 6.69. The Balaban J connectivity index is 3.16. The second kappa shape index (κ2) is 7.79. The second-order valence-electron chi connectivity index (χ2n) is 4.85. The molecule has 20 heavy (non-hydrogen) atoms. The molecule has 0 saturated carbocycles. The van der Waals surface area contributed by atoms with E-state index in [9.17, 15) is 4.57 Å². The van der Waals surface area contributed by atoms with Crippen molar-refractivity contribution in [2.24, 2.45) is 0 Å². The number of rotatable bonds is 8. The molecule has 5 nitrogen and oxygen atoms in total. The lowest BCUT2D eigenvalue weighted by molar-refractivity contribution is 0.149. The van der Waals surface area contributed by atoms with Crippen molar-refractivity contribution in [3.05, 3.63) is 24.3 Å². The first kappa shape index (κ1) is 17.2. The van der Waals surface area contributed by atoms with Gasteiger partial charge >= 0.3 is 7.60 Å². The first-order valence-electron chi connectivity index (χ1n) is 6.69. The van der Waals surface area contributed by atoms with E-state index in [1.165, 1.54) is 0 Å². The molecule has 0 atom stereocenters. The lowest BCUT2D eigenvalue weighted by Gasteiger charge is -2.24. The average molecular weight is 302 g/mol. The largest absolute Gasteiger partial charge is 0.490 e. The Morgan fingerprint density at radius 2 is 1.65 bits per heavy atom. The van der Waals surface area contributed by atoms with Gasteiger partial charge in [-0.1, -0.05) is 12.1 Å². The lowest BCUT2D eigenvalue weighted by atomic mass is 10.3. The molecule has 0 aliphatic rings. The van der Waals surface area contributed by atoms with Gasteiger partial charge in [0.15, 0.2) is 0 Å². The standard InChI is InChI=1S/C14H23O5P/c1-11(2)18-20(16,19-12(3)4)14-8-6-5-7-13(14)17-10-9-15/h5-8,11-12,15H,9-10H2,1-4H3. The van der Waals surface area contributed by atoms with E-state index in [1.54, 1.807) is 52.0 Å². The summed E-state index contributed by atoms with van der Waals surface area (Å²) >= 11 is 0. The number of hydrogen-bond acceptors (Lipinski definition) is 5. The molecular weight excluding hydrogens is 279 g/mol. The van der Waals surface area contributed by atoms with Crippen LogP contribution >= 0.6 is 7.60 Å². The van der Waals surface area contributed by atoms with Crippen LogP contribution in [0, 0.1) is 0 Å². The zero-order valence-electron chi connectivity index (χ0n) is 12.4. The predicted octanol–water partition coefficient (Wildman–Crippen LogP) is 2.73. The normalized spacial score (nSPS) is 12.2. The molecule has 6 heteroatoms. The fourth-order valence-electron chi connectivity index (χ4n) is 1.65. The molecule has 0 bridgehead atoms. The lowest BCUT2D eigenvalue weighted by Crippen LogP contribution is -2.19. The Morgan fingerprint density at radius 1 is 1.10 bits per heavy atom. The van der Waals surface area contributed by atoms with Crippen molar-refractivity contribution in [3.63, 3.8) is 0 Å². The molecule has 0 heterocycles. The molecule has 0 spiro atoms. The molecule has 0 fully saturated rings. The summed E-state index contributed by atoms with van der Waals surface area (Å²) in [6.45, 7) is 7.21. The first-order valence-corrected chi connectivity index (χ1v) is 8.23. The molecule has 1 aromatic rings. The molecule has 0 aromatic heterocycles. The van der Waals surface area contributed by atoms with Crippen LogP contribution in [0.25, 0.3) is 0 Å². The summed E-state index contributed by atoms with van der Waals surface area (Å²) in [5, 5.41) is 9.24. The highest BCUT2D eigenvalue weighted by molar-refractivity contribution is 7.62. The van der Waals surface area contributed by atoms with Crippen LogP contribution in [0.15, 0.2) is 24.3 Å². The maximum absolute atomic E-state index is 13.0. The van der Waals surface area contributed by atoms with Gasteiger partial charge < -0.3 is 18.9 Å². The summed E-state index contributed by atoms with van der Waals surface area (Å²) in [5.74, 6) is 0.409. The fourth-order valence-corrected chi connectivity index (χ4v) is 3.72. The van der Waals surface area contributed by atoms with Crippen LogP contribution in [0.3, 0.4) is 0 Å². The summed E-state index contributed by atoms with van der Waals surface area (Å²) in [6.07, 6.45) is -0.490. The van der Waals surface area contributed by atoms with Crippen molar-refractivity contribution < 1.29 is 23.5 Å². The third kappa shape index (κ3) is 4.91. The average Bonchev–Trinajstić information content (AvgIpc) is 2.34. The van der Waals surface area contributed by atoms with Gasteiger partial charge in [0.05, 0.1) is 18.8 Å². The fraction of sp³-hybridized carbons (Fsp3) is 0.571. The molecular formula is C14H23O5P. The Bertz CT molecular complexity index is 445. The number of aliphatic hydroxyl groups is 1. The van der Waals surface area contributed by atoms with E-state index in [0.29, 0.717) is 11.1 Å². The van der Waals surface area contributed by atoms with Gasteiger partial charge in [-0.05, 0) is 39.8 Å². The van der Waals surface area contributed by atoms with E-state index >= 15 is 0 Å². The number of para-hydroxylation sites is 1. The van der Waals surface area contributed by atoms with Crippen molar-refractivity contribution in [2.75, 3.05) is 13.2 Å². The monoisotopic (exact) mass is 302 g/mol. The smallest absolute Gasteiger partial charge is 0.365 e. The highest BCUT2D eigenvalue weighted by Gasteiger charge is 2.33. The van der Waals surface area contributed by atoms with Gasteiger partial charge in [-0.25, -0.2) is 0 Å². The Labute approximate surface area is 120 Å². The van der Waals surface area contributed by atoms with Crippen molar-refractivity contribution in [2.45, 2.75) is 39.9 Å². The third-order valence-corrected chi connectivity index (χ3v) is 4.57. The summed E-state index contributed by atoms with van der Waals surface area (Å²) in [7, 11) is -3.47. The van der Waals surface area contributed by atoms with Crippen LogP contribution in [0.5, 0.6) is 5.75 Å². The highest BCUT2D eigenvalue weighted by Crippen LogP contribution is 2.51. The number of hydrogen-bond donors (Lipinski definition) is 1. The van der Waals surface area contributed by atoms with E-state index in [1.807, 2.05) is 0 Å². The molecule has 0 radical (unpaired) electrons. The van der Waals surface area contributed by atoms with Crippen LogP contribution in [0.2, 0.25) is 0 Å². The second-order valence-corrected chi connectivity index (χ2v) is 6.74. The topological polar surface area (TPSA) is 65.0 Å². The minimum absolute atomic E-state index is 0.116. The summed E-state index contributed by atoms with van der Waals surface area (Å²) in [6, 6.07) is 6.87. The van der Waals surface area contributed by atoms with E-state index < -0.39 is 7.60 Å². The van der Waals surface area contributed by atoms with Crippen LogP contribution < -0.4 is 10.0 Å². The summed E-state index contributed by atoms with van der Waals surface area (Å²) < 4.78 is 29.5. The Hall–Kier alpha value is -0.870. The molecule has 0 aliphatic carbocycles. The van der Waals surface area contributed by atoms with Crippen LogP contribution in [-0.4, -0.2) is 30.5 Å². The highest BCUT2D eigenvalue weighted by atomic mass is 31.2. The van der Waals surface area contributed by atoms with E-state index in [-0.39, 0.29) is 25.4 Å². The van der Waals surface area contributed by atoms with Crippen molar-refractivity contribution in [1.82, 2.24) is 0 Å². The first-order chi connectivity index (χ1) is 9.39. The quantitative estimate of drug-likeness (QED) is 0.748. The Morgan fingerprint density at radius 3 is 2.15 bits per heavy atom. The maximum Gasteiger partial charge on any atom is 0.365 e. The van der Waals surface area contributed by atoms with Gasteiger partial charge in [-0.3, -0.25) is 4.57 Å². The summed E-state index contributed by atoms with van der Waals surface area (Å²) in [4.78, 5) is 0. The SMILES string of the molecule is CC(C)OP(=O)(OC(C)C)c1ccccc1OCCO. The molecule has 0 saturated heterocycles. The number of aliphatic hydroxyl groups excluding tert-OH is 1. The molecule has 0 amide bonds. The van der Waals surface area contributed by atoms with E-state index in [0.717, 1.165) is 0 Å². The molecule has 1 rings (SSSR count). The van der Waals surface area contributed by atoms with Crippen molar-refractivity contribution in [3.8, 4) is 5.75 Å². The van der Waals surface area contributed by atoms with E-state index in [4.69, 9.17) is 18.9 Å². The minimum atomic E-state index is -3.47. The van der Waals surface area contributed by atoms with Gasteiger partial charge in [-0.15, -0.1) is 0 Å². The van der Waals surface area contributed by atoms with Crippen molar-refractivity contribution >= 4 is 12.9 Å². The zero-order chi connectivity index (χ0) is 15.2. The zero-order valence-corrected chi connectivity index (χ0v) is 13.3. The molecule has 0 unspecified atom stereocenters. The van der Waals surface area contributed by atoms with Crippen molar-refractivity contribution in [1.29, 1.82) is 0 Å². The number of benzene rings is 1. The molecule has 1 aromatic carbocycles. The van der Waals surface area contributed by atoms with Crippen LogP contribution in [-0.2, 0) is 13.6 Å². The number of ether oxygens (including phenoxy) is 1. The van der Waals surface area contributed by atoms with Gasteiger partial charge in [-0.2, -0.15) is 0 Å². The maximum atomic E-state index is 13.0. The molecule has 114 valence electrons. The minimum Gasteiger partial charge on any atom is -0.490 e. The van der Waals surface area contributed by atoms with Crippen LogP contribution in [0.1, 0.15) is 27.7 Å². The predicted molar refractivity (Wildman–Crippen MR) is 78.7 cm³/mol. The van der Waals surface area contributed by atoms with Gasteiger partial charge in [0.2, 0.25) is 0 Å². The third-order valence-electron chi connectivity index (χ3n) is 2.21. The van der Waals surface area contributed by atoms with Crippen LogP contribution in [0.4, 0.5) is 0 Å².